The second-order valence-electron chi connectivity index (χ2n) is 8.70. The van der Waals surface area contributed by atoms with Crippen LogP contribution in [0.25, 0.3) is 33.2 Å². The van der Waals surface area contributed by atoms with Crippen molar-refractivity contribution in [1.82, 2.24) is 9.97 Å². The number of rotatable bonds is 6. The van der Waals surface area contributed by atoms with Crippen molar-refractivity contribution in [1.29, 1.82) is 0 Å². The van der Waals surface area contributed by atoms with Crippen LogP contribution in [0, 0.1) is 0 Å². The number of carbonyl (C=O) groups is 2. The molecule has 9 nitrogen and oxygen atoms in total. The summed E-state index contributed by atoms with van der Waals surface area (Å²) in [7, 11) is 0. The van der Waals surface area contributed by atoms with Gasteiger partial charge in [0.25, 0.3) is 5.91 Å². The molecular weight excluding hydrogens is 494 g/mol. The van der Waals surface area contributed by atoms with Crippen molar-refractivity contribution in [3.05, 3.63) is 109 Å². The molecule has 0 unspecified atom stereocenters. The van der Waals surface area contributed by atoms with Gasteiger partial charge in [0.1, 0.15) is 23.3 Å². The summed E-state index contributed by atoms with van der Waals surface area (Å²) in [5.74, 6) is 0.118. The van der Waals surface area contributed by atoms with E-state index >= 15 is 0 Å². The third-order valence-electron chi connectivity index (χ3n) is 6.15. The van der Waals surface area contributed by atoms with E-state index in [0.29, 0.717) is 22.9 Å². The SMILES string of the molecule is O=C(O)Nc1ccccc1C(=O)Nc1cccc(Nc2cc(-c3cccc4c3oc3ccccc34)ncn2)c1. The predicted molar refractivity (Wildman–Crippen MR) is 151 cm³/mol. The Kier molecular flexibility index (Phi) is 6.06. The third kappa shape index (κ3) is 4.84. The molecule has 39 heavy (non-hydrogen) atoms. The first-order chi connectivity index (χ1) is 19.0. The summed E-state index contributed by atoms with van der Waals surface area (Å²) in [5, 5.41) is 19.4. The zero-order valence-corrected chi connectivity index (χ0v) is 20.4. The van der Waals surface area contributed by atoms with E-state index in [4.69, 9.17) is 9.52 Å². The van der Waals surface area contributed by atoms with E-state index in [1.54, 1.807) is 36.4 Å². The molecule has 0 saturated carbocycles. The van der Waals surface area contributed by atoms with Crippen molar-refractivity contribution in [3.63, 3.8) is 0 Å². The summed E-state index contributed by atoms with van der Waals surface area (Å²) in [5.41, 5.74) is 4.74. The molecule has 2 amide bonds. The minimum atomic E-state index is -1.25. The van der Waals surface area contributed by atoms with Gasteiger partial charge in [0.05, 0.1) is 16.9 Å². The molecular formula is C30H21N5O4. The number of fused-ring (bicyclic) bond motifs is 3. The Morgan fingerprint density at radius 1 is 0.744 bits per heavy atom. The molecule has 0 bridgehead atoms. The van der Waals surface area contributed by atoms with Gasteiger partial charge in [0.15, 0.2) is 0 Å². The maximum absolute atomic E-state index is 12.9. The molecule has 4 aromatic carbocycles. The number of hydrogen-bond acceptors (Lipinski definition) is 6. The van der Waals surface area contributed by atoms with Crippen LogP contribution in [-0.2, 0) is 0 Å². The lowest BCUT2D eigenvalue weighted by Gasteiger charge is -2.12. The first kappa shape index (κ1) is 23.7. The highest BCUT2D eigenvalue weighted by molar-refractivity contribution is 6.10. The van der Waals surface area contributed by atoms with E-state index in [0.717, 1.165) is 27.5 Å². The molecule has 9 heteroatoms. The van der Waals surface area contributed by atoms with Crippen molar-refractivity contribution in [2.75, 3.05) is 16.0 Å². The van der Waals surface area contributed by atoms with Crippen LogP contribution in [0.15, 0.2) is 108 Å². The maximum atomic E-state index is 12.9. The van der Waals surface area contributed by atoms with Crippen LogP contribution in [0.3, 0.4) is 0 Å². The Labute approximate surface area is 222 Å². The molecule has 190 valence electrons. The molecule has 0 fully saturated rings. The van der Waals surface area contributed by atoms with Gasteiger partial charge in [-0.15, -0.1) is 0 Å². The quantitative estimate of drug-likeness (QED) is 0.186. The normalized spacial score (nSPS) is 10.9. The minimum Gasteiger partial charge on any atom is -0.465 e. The number of benzene rings is 4. The monoisotopic (exact) mass is 515 g/mol. The minimum absolute atomic E-state index is 0.199. The first-order valence-electron chi connectivity index (χ1n) is 12.1. The van der Waals surface area contributed by atoms with E-state index in [1.165, 1.54) is 12.4 Å². The molecule has 0 radical (unpaired) electrons. The summed E-state index contributed by atoms with van der Waals surface area (Å²) in [4.78, 5) is 32.8. The number of amides is 2. The number of nitrogens with one attached hydrogen (secondary N) is 3. The van der Waals surface area contributed by atoms with Gasteiger partial charge >= 0.3 is 6.09 Å². The molecule has 0 aliphatic rings. The van der Waals surface area contributed by atoms with Crippen LogP contribution in [0.1, 0.15) is 10.4 Å². The third-order valence-corrected chi connectivity index (χ3v) is 6.15. The van der Waals surface area contributed by atoms with E-state index < -0.39 is 12.0 Å². The van der Waals surface area contributed by atoms with Gasteiger partial charge in [0.2, 0.25) is 0 Å². The fraction of sp³-hybridized carbons (Fsp3) is 0. The summed E-state index contributed by atoms with van der Waals surface area (Å²) >= 11 is 0. The van der Waals surface area contributed by atoms with Crippen LogP contribution >= 0.6 is 0 Å². The van der Waals surface area contributed by atoms with E-state index in [2.05, 4.69) is 25.9 Å². The highest BCUT2D eigenvalue weighted by Gasteiger charge is 2.15. The highest BCUT2D eigenvalue weighted by atomic mass is 16.4. The van der Waals surface area contributed by atoms with Gasteiger partial charge in [-0.1, -0.05) is 48.5 Å². The number of nitrogens with zero attached hydrogens (tertiary/aromatic N) is 2. The van der Waals surface area contributed by atoms with E-state index in [-0.39, 0.29) is 11.3 Å². The van der Waals surface area contributed by atoms with Gasteiger partial charge in [-0.3, -0.25) is 10.1 Å². The molecule has 2 heterocycles. The van der Waals surface area contributed by atoms with Crippen LogP contribution in [0.2, 0.25) is 0 Å². The number of carboxylic acid groups (broad SMARTS) is 1. The maximum Gasteiger partial charge on any atom is 0.409 e. The largest absolute Gasteiger partial charge is 0.465 e. The molecule has 0 aliphatic heterocycles. The Bertz CT molecular complexity index is 1860. The number of aromatic nitrogens is 2. The Hall–Kier alpha value is -5.70. The lowest BCUT2D eigenvalue weighted by atomic mass is 10.1. The zero-order valence-electron chi connectivity index (χ0n) is 20.4. The van der Waals surface area contributed by atoms with Crippen LogP contribution < -0.4 is 16.0 Å². The summed E-state index contributed by atoms with van der Waals surface area (Å²) < 4.78 is 6.16. The zero-order chi connectivity index (χ0) is 26.8. The van der Waals surface area contributed by atoms with Crippen molar-refractivity contribution < 1.29 is 19.1 Å². The Balaban J connectivity index is 1.25. The van der Waals surface area contributed by atoms with Crippen LogP contribution in [-0.4, -0.2) is 27.1 Å². The van der Waals surface area contributed by atoms with Gasteiger partial charge in [-0.2, -0.15) is 0 Å². The molecule has 0 spiro atoms. The molecule has 6 rings (SSSR count). The first-order valence-corrected chi connectivity index (χ1v) is 12.1. The number of anilines is 4. The highest BCUT2D eigenvalue weighted by Crippen LogP contribution is 2.35. The number of carbonyl (C=O) groups excluding carboxylic acids is 1. The van der Waals surface area contributed by atoms with Gasteiger partial charge in [-0.25, -0.2) is 14.8 Å². The van der Waals surface area contributed by atoms with Gasteiger partial charge in [-0.05, 0) is 42.5 Å². The standard InChI is InChI=1S/C30H21N5O4/c36-29(23-10-1-3-13-24(23)35-30(37)38)34-19-8-5-7-18(15-19)33-27-16-25(31-17-32-27)22-12-6-11-21-20-9-2-4-14-26(20)39-28(21)22/h1-17,35H,(H,34,36)(H,37,38)(H,31,32,33). The molecule has 4 N–H and O–H groups in total. The average molecular weight is 516 g/mol. The lowest BCUT2D eigenvalue weighted by molar-refractivity contribution is 0.102. The van der Waals surface area contributed by atoms with Crippen molar-refractivity contribution >= 4 is 56.8 Å². The summed E-state index contributed by atoms with van der Waals surface area (Å²) in [6, 6.07) is 29.2. The second-order valence-corrected chi connectivity index (χ2v) is 8.70. The van der Waals surface area contributed by atoms with Crippen molar-refractivity contribution in [2.24, 2.45) is 0 Å². The van der Waals surface area contributed by atoms with E-state index in [9.17, 15) is 9.59 Å². The molecule has 2 aromatic heterocycles. The van der Waals surface area contributed by atoms with Gasteiger partial charge < -0.3 is 20.2 Å². The van der Waals surface area contributed by atoms with E-state index in [1.807, 2.05) is 54.6 Å². The molecule has 0 saturated heterocycles. The van der Waals surface area contributed by atoms with Crippen LogP contribution in [0.4, 0.5) is 27.7 Å². The second kappa shape index (κ2) is 9.98. The van der Waals surface area contributed by atoms with Crippen molar-refractivity contribution in [3.8, 4) is 11.3 Å². The fourth-order valence-corrected chi connectivity index (χ4v) is 4.45. The lowest BCUT2D eigenvalue weighted by Crippen LogP contribution is -2.16. The van der Waals surface area contributed by atoms with Gasteiger partial charge in [0, 0.05) is 33.8 Å². The average Bonchev–Trinajstić information content (AvgIpc) is 3.32. The Morgan fingerprint density at radius 3 is 2.41 bits per heavy atom. The van der Waals surface area contributed by atoms with Crippen molar-refractivity contribution in [2.45, 2.75) is 0 Å². The smallest absolute Gasteiger partial charge is 0.409 e. The molecule has 0 aliphatic carbocycles. The topological polar surface area (TPSA) is 129 Å². The summed E-state index contributed by atoms with van der Waals surface area (Å²) in [6.07, 6.45) is 0.235. The predicted octanol–water partition coefficient (Wildman–Crippen LogP) is 7.13. The molecule has 0 atom stereocenters. The summed E-state index contributed by atoms with van der Waals surface area (Å²) in [6.45, 7) is 0. The number of hydrogen-bond donors (Lipinski definition) is 4. The fourth-order valence-electron chi connectivity index (χ4n) is 4.45. The molecule has 6 aromatic rings. The Morgan fingerprint density at radius 2 is 1.51 bits per heavy atom. The number of furan rings is 1. The van der Waals surface area contributed by atoms with Crippen LogP contribution in [0.5, 0.6) is 0 Å². The number of para-hydroxylation sites is 3.